The van der Waals surface area contributed by atoms with Gasteiger partial charge in [0.05, 0.1) is 11.9 Å². The summed E-state index contributed by atoms with van der Waals surface area (Å²) in [5, 5.41) is 11.2. The van der Waals surface area contributed by atoms with Crippen LogP contribution < -0.4 is 26.6 Å². The fourth-order valence-corrected chi connectivity index (χ4v) is 3.28. The van der Waals surface area contributed by atoms with E-state index in [0.29, 0.717) is 0 Å². The Balaban J connectivity index is 1.46. The number of aromatic amines is 1. The number of hydrogen-bond donors (Lipinski definition) is 3. The van der Waals surface area contributed by atoms with E-state index in [1.807, 2.05) is 0 Å². The highest BCUT2D eigenvalue weighted by atomic mass is 16.5. The van der Waals surface area contributed by atoms with Crippen LogP contribution in [0.2, 0.25) is 0 Å². The number of carbonyl (C=O) groups is 3. The van der Waals surface area contributed by atoms with Gasteiger partial charge in [0.2, 0.25) is 11.9 Å². The van der Waals surface area contributed by atoms with E-state index in [9.17, 15) is 24.0 Å². The SMILES string of the molecule is CC(=O)Oc1ccccc1C(=O)Nc1n[nH]c(NC(=O)Cn2cnc3c2c(=O)n(C)c(=O)n3C)n1. The highest BCUT2D eigenvalue weighted by molar-refractivity contribution is 6.05. The summed E-state index contributed by atoms with van der Waals surface area (Å²) in [6.45, 7) is 0.909. The zero-order valence-electron chi connectivity index (χ0n) is 18.7. The molecule has 0 aliphatic heterocycles. The molecule has 35 heavy (non-hydrogen) atoms. The number of nitrogens with one attached hydrogen (secondary N) is 3. The van der Waals surface area contributed by atoms with Gasteiger partial charge in [-0.15, -0.1) is 5.10 Å². The molecule has 0 radical (unpaired) electrons. The number of aryl methyl sites for hydroxylation is 1. The van der Waals surface area contributed by atoms with Crippen molar-refractivity contribution in [1.29, 1.82) is 0 Å². The minimum atomic E-state index is -0.634. The van der Waals surface area contributed by atoms with Crippen LogP contribution in [0.5, 0.6) is 5.75 Å². The first-order valence-corrected chi connectivity index (χ1v) is 10.1. The van der Waals surface area contributed by atoms with Gasteiger partial charge in [0.25, 0.3) is 17.4 Å². The molecule has 0 atom stereocenters. The summed E-state index contributed by atoms with van der Waals surface area (Å²) < 4.78 is 8.44. The Kier molecular flexibility index (Phi) is 5.97. The summed E-state index contributed by atoms with van der Waals surface area (Å²) in [5.41, 5.74) is -0.816. The number of aromatic nitrogens is 7. The number of hydrogen-bond acceptors (Lipinski definition) is 9. The lowest BCUT2D eigenvalue weighted by atomic mass is 10.2. The van der Waals surface area contributed by atoms with Gasteiger partial charge in [-0.1, -0.05) is 12.1 Å². The van der Waals surface area contributed by atoms with Crippen molar-refractivity contribution >= 4 is 40.8 Å². The topological polar surface area (TPSA) is 188 Å². The van der Waals surface area contributed by atoms with Crippen LogP contribution in [-0.4, -0.2) is 51.7 Å². The number of benzene rings is 1. The predicted octanol–water partition coefficient (Wildman–Crippen LogP) is -0.632. The van der Waals surface area contributed by atoms with Crippen LogP contribution in [-0.2, 0) is 30.2 Å². The van der Waals surface area contributed by atoms with Gasteiger partial charge >= 0.3 is 11.7 Å². The minimum absolute atomic E-state index is 0.0664. The third-order valence-electron chi connectivity index (χ3n) is 4.89. The second-order valence-electron chi connectivity index (χ2n) is 7.35. The molecule has 15 nitrogen and oxygen atoms in total. The predicted molar refractivity (Wildman–Crippen MR) is 121 cm³/mol. The summed E-state index contributed by atoms with van der Waals surface area (Å²) in [4.78, 5) is 68.9. The number of rotatable bonds is 6. The van der Waals surface area contributed by atoms with E-state index in [1.54, 1.807) is 12.1 Å². The first-order valence-electron chi connectivity index (χ1n) is 10.1. The van der Waals surface area contributed by atoms with Gasteiger partial charge in [0, 0.05) is 21.0 Å². The summed E-state index contributed by atoms with van der Waals surface area (Å²) in [6.07, 6.45) is 1.28. The largest absolute Gasteiger partial charge is 0.426 e. The van der Waals surface area contributed by atoms with Gasteiger partial charge in [-0.3, -0.25) is 38.9 Å². The van der Waals surface area contributed by atoms with Gasteiger partial charge < -0.3 is 9.30 Å². The Morgan fingerprint density at radius 2 is 1.83 bits per heavy atom. The maximum absolute atomic E-state index is 12.5. The molecule has 3 heterocycles. The van der Waals surface area contributed by atoms with Crippen molar-refractivity contribution in [3.8, 4) is 5.75 Å². The molecular formula is C20H19N9O6. The molecular weight excluding hydrogens is 462 g/mol. The number of amides is 2. The average Bonchev–Trinajstić information content (AvgIpc) is 3.43. The van der Waals surface area contributed by atoms with Crippen molar-refractivity contribution < 1.29 is 19.1 Å². The Bertz CT molecular complexity index is 1590. The maximum atomic E-state index is 12.5. The number of anilines is 2. The third-order valence-corrected chi connectivity index (χ3v) is 4.89. The Labute approximate surface area is 195 Å². The zero-order chi connectivity index (χ0) is 25.3. The molecule has 4 aromatic rings. The number of imidazole rings is 1. The number of H-pyrrole nitrogens is 1. The van der Waals surface area contributed by atoms with Crippen LogP contribution in [0.4, 0.5) is 11.9 Å². The lowest BCUT2D eigenvalue weighted by Gasteiger charge is -2.07. The summed E-state index contributed by atoms with van der Waals surface area (Å²) in [5.74, 6) is -1.93. The van der Waals surface area contributed by atoms with Crippen LogP contribution in [0.1, 0.15) is 17.3 Å². The standard InChI is InChI=1S/C20H19N9O6/c1-10(30)35-12-7-5-4-6-11(12)16(32)23-19-24-18(25-26-19)22-13(31)8-29-9-21-15-14(29)17(33)28(3)20(34)27(15)2/h4-7,9H,8H2,1-3H3,(H3,22,23,24,25,26,31,32). The van der Waals surface area contributed by atoms with Gasteiger partial charge in [0.1, 0.15) is 12.3 Å². The first-order chi connectivity index (χ1) is 16.7. The van der Waals surface area contributed by atoms with Crippen molar-refractivity contribution in [2.24, 2.45) is 14.1 Å². The number of esters is 1. The van der Waals surface area contributed by atoms with Crippen molar-refractivity contribution in [2.75, 3.05) is 10.6 Å². The van der Waals surface area contributed by atoms with Crippen LogP contribution in [0.15, 0.2) is 40.2 Å². The number of para-hydroxylation sites is 1. The molecule has 4 rings (SSSR count). The summed E-state index contributed by atoms with van der Waals surface area (Å²) >= 11 is 0. The third kappa shape index (κ3) is 4.54. The Morgan fingerprint density at radius 1 is 1.09 bits per heavy atom. The molecule has 2 amide bonds. The Hall–Kier alpha value is -5.08. The summed E-state index contributed by atoms with van der Waals surface area (Å²) in [7, 11) is 2.80. The molecule has 0 saturated carbocycles. The number of nitrogens with zero attached hydrogens (tertiary/aromatic N) is 6. The monoisotopic (exact) mass is 481 g/mol. The van der Waals surface area contributed by atoms with Crippen molar-refractivity contribution in [2.45, 2.75) is 13.5 Å². The molecule has 15 heteroatoms. The zero-order valence-corrected chi connectivity index (χ0v) is 18.7. The Morgan fingerprint density at radius 3 is 2.57 bits per heavy atom. The molecule has 3 aromatic heterocycles. The second kappa shape index (κ2) is 9.05. The quantitative estimate of drug-likeness (QED) is 0.238. The van der Waals surface area contributed by atoms with E-state index >= 15 is 0 Å². The van der Waals surface area contributed by atoms with E-state index in [-0.39, 0.29) is 40.9 Å². The lowest BCUT2D eigenvalue weighted by Crippen LogP contribution is -2.37. The highest BCUT2D eigenvalue weighted by Crippen LogP contribution is 2.19. The number of fused-ring (bicyclic) bond motifs is 1. The molecule has 0 aliphatic rings. The van der Waals surface area contributed by atoms with Crippen LogP contribution in [0.25, 0.3) is 11.2 Å². The van der Waals surface area contributed by atoms with Gasteiger partial charge in [-0.25, -0.2) is 14.9 Å². The number of ether oxygens (including phenoxy) is 1. The molecule has 0 bridgehead atoms. The van der Waals surface area contributed by atoms with Crippen molar-refractivity contribution in [3.05, 3.63) is 57.0 Å². The van der Waals surface area contributed by atoms with E-state index < -0.39 is 29.0 Å². The number of carbonyl (C=O) groups excluding carboxylic acids is 3. The first kappa shape index (κ1) is 23.1. The molecule has 0 unspecified atom stereocenters. The van der Waals surface area contributed by atoms with Crippen LogP contribution >= 0.6 is 0 Å². The molecule has 0 aliphatic carbocycles. The average molecular weight is 481 g/mol. The van der Waals surface area contributed by atoms with Gasteiger partial charge in [-0.2, -0.15) is 4.98 Å². The normalized spacial score (nSPS) is 10.8. The fraction of sp³-hybridized carbons (Fsp3) is 0.200. The molecule has 0 saturated heterocycles. The smallest absolute Gasteiger partial charge is 0.332 e. The van der Waals surface area contributed by atoms with Gasteiger partial charge in [-0.05, 0) is 12.1 Å². The van der Waals surface area contributed by atoms with Crippen LogP contribution in [0.3, 0.4) is 0 Å². The van der Waals surface area contributed by atoms with E-state index in [2.05, 4.69) is 30.8 Å². The second-order valence-corrected chi connectivity index (χ2v) is 7.35. The molecule has 1 aromatic carbocycles. The minimum Gasteiger partial charge on any atom is -0.426 e. The van der Waals surface area contributed by atoms with E-state index in [4.69, 9.17) is 4.74 Å². The fourth-order valence-electron chi connectivity index (χ4n) is 3.28. The molecule has 180 valence electrons. The lowest BCUT2D eigenvalue weighted by molar-refractivity contribution is -0.131. The maximum Gasteiger partial charge on any atom is 0.332 e. The summed E-state index contributed by atoms with van der Waals surface area (Å²) in [6, 6.07) is 6.12. The van der Waals surface area contributed by atoms with Gasteiger partial charge in [0.15, 0.2) is 11.2 Å². The van der Waals surface area contributed by atoms with Crippen molar-refractivity contribution in [1.82, 2.24) is 33.9 Å². The van der Waals surface area contributed by atoms with Crippen molar-refractivity contribution in [3.63, 3.8) is 0 Å². The highest BCUT2D eigenvalue weighted by Gasteiger charge is 2.18. The van der Waals surface area contributed by atoms with E-state index in [0.717, 1.165) is 4.57 Å². The molecule has 3 N–H and O–H groups in total. The van der Waals surface area contributed by atoms with E-state index in [1.165, 1.54) is 48.6 Å². The molecule has 0 spiro atoms. The van der Waals surface area contributed by atoms with Crippen LogP contribution in [0, 0.1) is 0 Å². The molecule has 0 fully saturated rings.